The maximum Gasteiger partial charge on any atom is 0.118 e. The van der Waals surface area contributed by atoms with Crippen molar-refractivity contribution < 1.29 is 4.74 Å². The Morgan fingerprint density at radius 3 is 2.26 bits per heavy atom. The van der Waals surface area contributed by atoms with Gasteiger partial charge < -0.3 is 10.1 Å². The first kappa shape index (κ1) is 14.6. The van der Waals surface area contributed by atoms with Gasteiger partial charge >= 0.3 is 0 Å². The van der Waals surface area contributed by atoms with Gasteiger partial charge in [0.25, 0.3) is 0 Å². The lowest BCUT2D eigenvalue weighted by atomic mass is 10.1. The molecule has 0 saturated heterocycles. The zero-order chi connectivity index (χ0) is 13.8. The summed E-state index contributed by atoms with van der Waals surface area (Å²) in [4.78, 5) is 1.34. The van der Waals surface area contributed by atoms with E-state index in [1.165, 1.54) is 14.2 Å². The van der Waals surface area contributed by atoms with E-state index in [0.717, 1.165) is 5.75 Å². The van der Waals surface area contributed by atoms with Gasteiger partial charge in [0.05, 0.1) is 10.9 Å². The Balaban J connectivity index is 2.01. The predicted octanol–water partition coefficient (Wildman–Crippen LogP) is 4.93. The molecule has 0 spiro atoms. The first-order chi connectivity index (χ1) is 9.10. The molecule has 1 heterocycles. The van der Waals surface area contributed by atoms with Crippen LogP contribution in [0.5, 0.6) is 5.75 Å². The van der Waals surface area contributed by atoms with Crippen LogP contribution in [-0.4, -0.2) is 7.11 Å². The number of ether oxygens (including phenoxy) is 1. The Morgan fingerprint density at radius 1 is 1.05 bits per heavy atom. The van der Waals surface area contributed by atoms with E-state index in [0.29, 0.717) is 12.1 Å². The molecule has 2 aromatic rings. The molecule has 0 saturated carbocycles. The van der Waals surface area contributed by atoms with Crippen LogP contribution in [0.2, 0.25) is 0 Å². The largest absolute Gasteiger partial charge is 0.497 e. The average Bonchev–Trinajstić information content (AvgIpc) is 2.85. The molecular formula is C15H18BrNOS. The fourth-order valence-corrected chi connectivity index (χ4v) is 3.44. The molecule has 2 atom stereocenters. The number of hydrogen-bond donors (Lipinski definition) is 1. The van der Waals surface area contributed by atoms with Crippen LogP contribution in [0.4, 0.5) is 0 Å². The molecule has 4 heteroatoms. The minimum absolute atomic E-state index is 0.307. The van der Waals surface area contributed by atoms with Gasteiger partial charge in [-0.2, -0.15) is 0 Å². The Bertz CT molecular complexity index is 523. The Labute approximate surface area is 126 Å². The van der Waals surface area contributed by atoms with Gasteiger partial charge in [-0.1, -0.05) is 12.1 Å². The van der Waals surface area contributed by atoms with Gasteiger partial charge in [0.1, 0.15) is 5.75 Å². The summed E-state index contributed by atoms with van der Waals surface area (Å²) in [6.45, 7) is 4.37. The number of nitrogens with one attached hydrogen (secondary N) is 1. The average molecular weight is 340 g/mol. The Morgan fingerprint density at radius 2 is 1.74 bits per heavy atom. The van der Waals surface area contributed by atoms with Crippen LogP contribution in [0.25, 0.3) is 0 Å². The van der Waals surface area contributed by atoms with Crippen molar-refractivity contribution in [3.63, 3.8) is 0 Å². The van der Waals surface area contributed by atoms with Crippen molar-refractivity contribution in [1.82, 2.24) is 5.32 Å². The minimum Gasteiger partial charge on any atom is -0.497 e. The van der Waals surface area contributed by atoms with E-state index < -0.39 is 0 Å². The monoisotopic (exact) mass is 339 g/mol. The molecule has 1 aromatic carbocycles. The van der Waals surface area contributed by atoms with Gasteiger partial charge in [0.2, 0.25) is 0 Å². The molecule has 19 heavy (non-hydrogen) atoms. The van der Waals surface area contributed by atoms with E-state index in [9.17, 15) is 0 Å². The molecule has 1 N–H and O–H groups in total. The highest BCUT2D eigenvalue weighted by molar-refractivity contribution is 9.11. The van der Waals surface area contributed by atoms with Gasteiger partial charge in [-0.05, 0) is 59.6 Å². The molecule has 1 aromatic heterocycles. The summed E-state index contributed by atoms with van der Waals surface area (Å²) in [6.07, 6.45) is 0. The zero-order valence-electron chi connectivity index (χ0n) is 11.3. The molecule has 0 aliphatic carbocycles. The zero-order valence-corrected chi connectivity index (χ0v) is 13.7. The second-order valence-corrected chi connectivity index (χ2v) is 7.02. The Hall–Kier alpha value is -0.840. The topological polar surface area (TPSA) is 21.3 Å². The fourth-order valence-electron chi connectivity index (χ4n) is 2.01. The highest BCUT2D eigenvalue weighted by Crippen LogP contribution is 2.29. The summed E-state index contributed by atoms with van der Waals surface area (Å²) in [6, 6.07) is 13.1. The van der Waals surface area contributed by atoms with Crippen molar-refractivity contribution in [1.29, 1.82) is 0 Å². The van der Waals surface area contributed by atoms with Crippen LogP contribution in [-0.2, 0) is 0 Å². The van der Waals surface area contributed by atoms with Crippen LogP contribution in [0.15, 0.2) is 40.2 Å². The lowest BCUT2D eigenvalue weighted by molar-refractivity contribution is 0.414. The number of methoxy groups -OCH3 is 1. The smallest absolute Gasteiger partial charge is 0.118 e. The molecule has 0 fully saturated rings. The van der Waals surface area contributed by atoms with Crippen LogP contribution in [0.3, 0.4) is 0 Å². The van der Waals surface area contributed by atoms with Gasteiger partial charge in [0.15, 0.2) is 0 Å². The van der Waals surface area contributed by atoms with Crippen molar-refractivity contribution in [2.75, 3.05) is 7.11 Å². The highest BCUT2D eigenvalue weighted by atomic mass is 79.9. The summed E-state index contributed by atoms with van der Waals surface area (Å²) < 4.78 is 6.35. The third kappa shape index (κ3) is 3.81. The van der Waals surface area contributed by atoms with Gasteiger partial charge in [-0.3, -0.25) is 0 Å². The van der Waals surface area contributed by atoms with Crippen LogP contribution in [0, 0.1) is 0 Å². The Kier molecular flexibility index (Phi) is 5.02. The van der Waals surface area contributed by atoms with E-state index in [4.69, 9.17) is 4.74 Å². The highest BCUT2D eigenvalue weighted by Gasteiger charge is 2.12. The molecule has 2 nitrogen and oxygen atoms in total. The molecule has 2 unspecified atom stereocenters. The van der Waals surface area contributed by atoms with E-state index >= 15 is 0 Å². The first-order valence-electron chi connectivity index (χ1n) is 6.25. The third-order valence-electron chi connectivity index (χ3n) is 3.14. The van der Waals surface area contributed by atoms with Crippen LogP contribution in [0.1, 0.15) is 36.4 Å². The van der Waals surface area contributed by atoms with E-state index in [1.54, 1.807) is 18.4 Å². The van der Waals surface area contributed by atoms with Crippen LogP contribution >= 0.6 is 27.3 Å². The normalized spacial score (nSPS) is 14.1. The van der Waals surface area contributed by atoms with E-state index in [2.05, 4.69) is 59.4 Å². The maximum absolute atomic E-state index is 5.18. The molecule has 0 radical (unpaired) electrons. The van der Waals surface area contributed by atoms with Gasteiger partial charge in [-0.15, -0.1) is 11.3 Å². The van der Waals surface area contributed by atoms with Crippen molar-refractivity contribution in [2.24, 2.45) is 0 Å². The summed E-state index contributed by atoms with van der Waals surface area (Å²) in [7, 11) is 1.69. The number of thiophene rings is 1. The number of benzene rings is 1. The lowest BCUT2D eigenvalue weighted by Gasteiger charge is -2.19. The molecule has 0 bridgehead atoms. The minimum atomic E-state index is 0.307. The molecular weight excluding hydrogens is 322 g/mol. The van der Waals surface area contributed by atoms with E-state index in [1.807, 2.05) is 12.1 Å². The number of rotatable bonds is 5. The summed E-state index contributed by atoms with van der Waals surface area (Å²) in [5, 5.41) is 3.61. The van der Waals surface area contributed by atoms with Crippen LogP contribution < -0.4 is 10.1 Å². The molecule has 0 aliphatic heterocycles. The second-order valence-electron chi connectivity index (χ2n) is 4.53. The molecule has 2 rings (SSSR count). The second kappa shape index (κ2) is 6.55. The number of halogens is 1. The van der Waals surface area contributed by atoms with Gasteiger partial charge in [0, 0.05) is 17.0 Å². The SMILES string of the molecule is COc1ccc(C(C)NC(C)c2ccc(Br)s2)cc1. The lowest BCUT2D eigenvalue weighted by Crippen LogP contribution is -2.21. The summed E-state index contributed by atoms with van der Waals surface area (Å²) in [5.41, 5.74) is 1.27. The summed E-state index contributed by atoms with van der Waals surface area (Å²) in [5.74, 6) is 0.895. The summed E-state index contributed by atoms with van der Waals surface area (Å²) >= 11 is 5.28. The maximum atomic E-state index is 5.18. The fraction of sp³-hybridized carbons (Fsp3) is 0.333. The van der Waals surface area contributed by atoms with Crippen molar-refractivity contribution >= 4 is 27.3 Å². The standard InChI is InChI=1S/C15H18BrNOS/c1-10(12-4-6-13(18-3)7-5-12)17-11(2)14-8-9-15(16)19-14/h4-11,17H,1-3H3. The first-order valence-corrected chi connectivity index (χ1v) is 7.86. The molecule has 0 aliphatic rings. The van der Waals surface area contributed by atoms with Gasteiger partial charge in [-0.25, -0.2) is 0 Å². The van der Waals surface area contributed by atoms with Crippen molar-refractivity contribution in [3.05, 3.63) is 50.6 Å². The number of hydrogen-bond acceptors (Lipinski definition) is 3. The molecule has 0 amide bonds. The quantitative estimate of drug-likeness (QED) is 0.833. The van der Waals surface area contributed by atoms with Crippen molar-refractivity contribution in [2.45, 2.75) is 25.9 Å². The molecule has 102 valence electrons. The van der Waals surface area contributed by atoms with Crippen molar-refractivity contribution in [3.8, 4) is 5.75 Å². The van der Waals surface area contributed by atoms with E-state index in [-0.39, 0.29) is 0 Å². The predicted molar refractivity (Wildman–Crippen MR) is 85.0 cm³/mol. The third-order valence-corrected chi connectivity index (χ3v) is 4.94.